The summed E-state index contributed by atoms with van der Waals surface area (Å²) in [5, 5.41) is 0. The fraction of sp³-hybridized carbons (Fsp3) is 0.400. The van der Waals surface area contributed by atoms with Crippen LogP contribution in [0.5, 0.6) is 0 Å². The van der Waals surface area contributed by atoms with Crippen LogP contribution in [0.25, 0.3) is 0 Å². The molecule has 2 N–H and O–H groups in total. The van der Waals surface area contributed by atoms with Gasteiger partial charge in [0.1, 0.15) is 5.82 Å². The summed E-state index contributed by atoms with van der Waals surface area (Å²) in [4.78, 5) is 6.64. The highest BCUT2D eigenvalue weighted by atomic mass is 15.1. The molecule has 2 rings (SSSR count). The van der Waals surface area contributed by atoms with Crippen LogP contribution in [0.3, 0.4) is 0 Å². The second kappa shape index (κ2) is 6.38. The summed E-state index contributed by atoms with van der Waals surface area (Å²) in [6.45, 7) is 1.95. The molecule has 0 unspecified atom stereocenters. The monoisotopic (exact) mass is 258 g/mol. The van der Waals surface area contributed by atoms with E-state index in [0.29, 0.717) is 0 Å². The van der Waals surface area contributed by atoms with E-state index < -0.39 is 0 Å². The third-order valence-corrected chi connectivity index (χ3v) is 3.29. The molecule has 0 bridgehead atoms. The van der Waals surface area contributed by atoms with Gasteiger partial charge in [-0.05, 0) is 44.1 Å². The second-order valence-electron chi connectivity index (χ2n) is 5.04. The Labute approximate surface area is 114 Å². The molecule has 4 nitrogen and oxygen atoms in total. The first-order chi connectivity index (χ1) is 9.15. The zero-order chi connectivity index (χ0) is 13.7. The number of aromatic nitrogens is 2. The largest absolute Gasteiger partial charge is 0.399 e. The zero-order valence-corrected chi connectivity index (χ0v) is 11.7. The summed E-state index contributed by atoms with van der Waals surface area (Å²) >= 11 is 0. The second-order valence-corrected chi connectivity index (χ2v) is 5.04. The zero-order valence-electron chi connectivity index (χ0n) is 11.7. The average molecular weight is 258 g/mol. The minimum atomic E-state index is 0.846. The highest BCUT2D eigenvalue weighted by molar-refractivity contribution is 5.40. The molecule has 0 spiro atoms. The van der Waals surface area contributed by atoms with E-state index in [9.17, 15) is 0 Å². The molecule has 0 radical (unpaired) electrons. The highest BCUT2D eigenvalue weighted by Gasteiger charge is 2.04. The number of hydrogen-bond donors (Lipinski definition) is 1. The molecule has 0 saturated carbocycles. The Kier molecular flexibility index (Phi) is 4.58. The van der Waals surface area contributed by atoms with Gasteiger partial charge >= 0.3 is 0 Å². The maximum absolute atomic E-state index is 5.78. The first-order valence-corrected chi connectivity index (χ1v) is 6.64. The molecule has 0 saturated heterocycles. The van der Waals surface area contributed by atoms with E-state index in [-0.39, 0.29) is 0 Å². The van der Waals surface area contributed by atoms with Gasteiger partial charge in [0.25, 0.3) is 0 Å². The number of rotatable bonds is 6. The van der Waals surface area contributed by atoms with Crippen molar-refractivity contribution in [3.05, 3.63) is 48.0 Å². The molecule has 0 atom stereocenters. The summed E-state index contributed by atoms with van der Waals surface area (Å²) < 4.78 is 2.06. The molecule has 102 valence electrons. The van der Waals surface area contributed by atoms with Gasteiger partial charge in [0.15, 0.2) is 0 Å². The van der Waals surface area contributed by atoms with Crippen LogP contribution in [0.2, 0.25) is 0 Å². The van der Waals surface area contributed by atoms with Gasteiger partial charge in [0, 0.05) is 25.1 Å². The van der Waals surface area contributed by atoms with Gasteiger partial charge in [-0.3, -0.25) is 4.90 Å². The molecule has 1 heterocycles. The van der Waals surface area contributed by atoms with Crippen LogP contribution < -0.4 is 5.73 Å². The van der Waals surface area contributed by atoms with Crippen molar-refractivity contribution in [2.45, 2.75) is 19.4 Å². The summed E-state index contributed by atoms with van der Waals surface area (Å²) in [7, 11) is 4.16. The Morgan fingerprint density at radius 2 is 2.21 bits per heavy atom. The number of aryl methyl sites for hydroxylation is 2. The molecular formula is C15H22N4. The fourth-order valence-electron chi connectivity index (χ4n) is 2.17. The lowest BCUT2D eigenvalue weighted by Gasteiger charge is -2.16. The number of imidazole rings is 1. The SMILES string of the molecule is CN(CCCc1cccc(N)c1)Cc1nccn1C. The van der Waals surface area contributed by atoms with Gasteiger partial charge in [-0.25, -0.2) is 4.98 Å². The number of nitrogen functional groups attached to an aromatic ring is 1. The van der Waals surface area contributed by atoms with E-state index in [4.69, 9.17) is 5.73 Å². The topological polar surface area (TPSA) is 47.1 Å². The van der Waals surface area contributed by atoms with E-state index in [2.05, 4.69) is 33.6 Å². The number of nitrogens with zero attached hydrogens (tertiary/aromatic N) is 3. The molecule has 0 aliphatic rings. The Morgan fingerprint density at radius 3 is 2.89 bits per heavy atom. The predicted octanol–water partition coefficient (Wildman–Crippen LogP) is 2.07. The predicted molar refractivity (Wildman–Crippen MR) is 78.7 cm³/mol. The van der Waals surface area contributed by atoms with Crippen molar-refractivity contribution in [3.63, 3.8) is 0 Å². The van der Waals surface area contributed by atoms with Crippen molar-refractivity contribution >= 4 is 5.69 Å². The van der Waals surface area contributed by atoms with Gasteiger partial charge in [-0.15, -0.1) is 0 Å². The van der Waals surface area contributed by atoms with Crippen LogP contribution in [-0.4, -0.2) is 28.0 Å². The minimum Gasteiger partial charge on any atom is -0.399 e. The van der Waals surface area contributed by atoms with Crippen molar-refractivity contribution in [2.75, 3.05) is 19.3 Å². The lowest BCUT2D eigenvalue weighted by Crippen LogP contribution is -2.21. The maximum Gasteiger partial charge on any atom is 0.122 e. The highest BCUT2D eigenvalue weighted by Crippen LogP contribution is 2.09. The van der Waals surface area contributed by atoms with E-state index in [0.717, 1.165) is 37.4 Å². The molecule has 2 aromatic rings. The van der Waals surface area contributed by atoms with Crippen molar-refractivity contribution < 1.29 is 0 Å². The summed E-state index contributed by atoms with van der Waals surface area (Å²) in [5.74, 6) is 1.10. The molecule has 1 aromatic carbocycles. The molecule has 0 amide bonds. The van der Waals surface area contributed by atoms with Gasteiger partial charge in [-0.1, -0.05) is 12.1 Å². The van der Waals surface area contributed by atoms with Crippen LogP contribution in [0, 0.1) is 0 Å². The molecule has 1 aromatic heterocycles. The summed E-state index contributed by atoms with van der Waals surface area (Å²) in [5.41, 5.74) is 7.93. The van der Waals surface area contributed by atoms with Gasteiger partial charge < -0.3 is 10.3 Å². The molecule has 19 heavy (non-hydrogen) atoms. The Morgan fingerprint density at radius 1 is 1.37 bits per heavy atom. The van der Waals surface area contributed by atoms with Crippen LogP contribution in [0.1, 0.15) is 17.8 Å². The van der Waals surface area contributed by atoms with Crippen LogP contribution in [-0.2, 0) is 20.0 Å². The van der Waals surface area contributed by atoms with E-state index in [1.165, 1.54) is 5.56 Å². The van der Waals surface area contributed by atoms with Crippen molar-refractivity contribution in [1.82, 2.24) is 14.5 Å². The van der Waals surface area contributed by atoms with Crippen LogP contribution in [0.15, 0.2) is 36.7 Å². The van der Waals surface area contributed by atoms with Crippen molar-refractivity contribution in [3.8, 4) is 0 Å². The Hall–Kier alpha value is -1.81. The fourth-order valence-corrected chi connectivity index (χ4v) is 2.17. The molecular weight excluding hydrogens is 236 g/mol. The smallest absolute Gasteiger partial charge is 0.122 e. The number of anilines is 1. The lowest BCUT2D eigenvalue weighted by molar-refractivity contribution is 0.310. The van der Waals surface area contributed by atoms with E-state index in [1.54, 1.807) is 0 Å². The van der Waals surface area contributed by atoms with E-state index in [1.807, 2.05) is 31.6 Å². The van der Waals surface area contributed by atoms with Crippen LogP contribution >= 0.6 is 0 Å². The van der Waals surface area contributed by atoms with Crippen molar-refractivity contribution in [2.24, 2.45) is 7.05 Å². The first kappa shape index (κ1) is 13.6. The summed E-state index contributed by atoms with van der Waals surface area (Å²) in [6, 6.07) is 8.13. The number of nitrogens with two attached hydrogens (primary N) is 1. The molecule has 0 aliphatic heterocycles. The van der Waals surface area contributed by atoms with Crippen molar-refractivity contribution in [1.29, 1.82) is 0 Å². The third-order valence-electron chi connectivity index (χ3n) is 3.29. The van der Waals surface area contributed by atoms with Gasteiger partial charge in [-0.2, -0.15) is 0 Å². The number of hydrogen-bond acceptors (Lipinski definition) is 3. The summed E-state index contributed by atoms with van der Waals surface area (Å²) in [6.07, 6.45) is 6.02. The van der Waals surface area contributed by atoms with E-state index >= 15 is 0 Å². The Balaban J connectivity index is 1.75. The third kappa shape index (κ3) is 4.10. The first-order valence-electron chi connectivity index (χ1n) is 6.64. The lowest BCUT2D eigenvalue weighted by atomic mass is 10.1. The van der Waals surface area contributed by atoms with Crippen LogP contribution in [0.4, 0.5) is 5.69 Å². The minimum absolute atomic E-state index is 0.846. The number of benzene rings is 1. The molecule has 4 heteroatoms. The normalized spacial score (nSPS) is 11.1. The Bertz CT molecular complexity index is 518. The van der Waals surface area contributed by atoms with Gasteiger partial charge in [0.2, 0.25) is 0 Å². The quantitative estimate of drug-likeness (QED) is 0.807. The molecule has 0 fully saturated rings. The molecule has 0 aliphatic carbocycles. The van der Waals surface area contributed by atoms with Gasteiger partial charge in [0.05, 0.1) is 6.54 Å². The maximum atomic E-state index is 5.78. The standard InChI is InChI=1S/C15H22N4/c1-18(12-15-17-8-10-19(15)2)9-4-6-13-5-3-7-14(16)11-13/h3,5,7-8,10-11H,4,6,9,12,16H2,1-2H3. The average Bonchev–Trinajstić information content (AvgIpc) is 2.75.